The highest BCUT2D eigenvalue weighted by atomic mass is 16.5. The third-order valence-electron chi connectivity index (χ3n) is 4.73. The number of hydrogen-bond donors (Lipinski definition) is 1. The Labute approximate surface area is 151 Å². The maximum atomic E-state index is 12.9. The first-order chi connectivity index (χ1) is 12.3. The first-order valence-electron chi connectivity index (χ1n) is 8.29. The van der Waals surface area contributed by atoms with Gasteiger partial charge in [-0.05, 0) is 23.1 Å². The molecule has 6 nitrogen and oxygen atoms in total. The van der Waals surface area contributed by atoms with Gasteiger partial charge in [0.1, 0.15) is 11.3 Å². The lowest BCUT2D eigenvalue weighted by Gasteiger charge is -2.37. The second-order valence-electron chi connectivity index (χ2n) is 7.32. The number of ether oxygens (including phenoxy) is 2. The summed E-state index contributed by atoms with van der Waals surface area (Å²) in [5, 5.41) is 9.01. The first-order valence-corrected chi connectivity index (χ1v) is 8.29. The van der Waals surface area contributed by atoms with Crippen molar-refractivity contribution in [3.8, 4) is 6.07 Å². The summed E-state index contributed by atoms with van der Waals surface area (Å²) in [6.45, 7) is 3.98. The van der Waals surface area contributed by atoms with Gasteiger partial charge in [0, 0.05) is 18.4 Å². The molecule has 134 valence electrons. The molecular formula is C20H20N2O4. The summed E-state index contributed by atoms with van der Waals surface area (Å²) < 4.78 is 10.6. The molecule has 0 saturated carbocycles. The van der Waals surface area contributed by atoms with Crippen LogP contribution in [0.25, 0.3) is 0 Å². The molecule has 0 saturated heterocycles. The number of ketones is 1. The van der Waals surface area contributed by atoms with Crippen LogP contribution in [0, 0.1) is 16.7 Å². The fourth-order valence-electron chi connectivity index (χ4n) is 3.58. The smallest absolute Gasteiger partial charge is 0.340 e. The summed E-state index contributed by atoms with van der Waals surface area (Å²) in [5.41, 5.74) is 7.54. The lowest BCUT2D eigenvalue weighted by atomic mass is 9.70. The zero-order valence-electron chi connectivity index (χ0n) is 15.0. The van der Waals surface area contributed by atoms with Crippen LogP contribution in [0.2, 0.25) is 0 Å². The van der Waals surface area contributed by atoms with Crippen molar-refractivity contribution >= 4 is 11.8 Å². The molecule has 2 aliphatic rings. The molecule has 2 N–H and O–H groups in total. The second-order valence-corrected chi connectivity index (χ2v) is 7.32. The Bertz CT molecular complexity index is 885. The van der Waals surface area contributed by atoms with E-state index in [1.54, 1.807) is 24.3 Å². The van der Waals surface area contributed by atoms with E-state index in [1.807, 2.05) is 13.8 Å². The molecule has 0 spiro atoms. The molecule has 0 radical (unpaired) electrons. The first kappa shape index (κ1) is 17.7. The van der Waals surface area contributed by atoms with E-state index in [0.717, 1.165) is 0 Å². The van der Waals surface area contributed by atoms with E-state index < -0.39 is 11.9 Å². The highest BCUT2D eigenvalue weighted by molar-refractivity contribution is 6.03. The summed E-state index contributed by atoms with van der Waals surface area (Å²) >= 11 is 0. The summed E-state index contributed by atoms with van der Waals surface area (Å²) in [6, 6.07) is 8.80. The van der Waals surface area contributed by atoms with Crippen molar-refractivity contribution in [3.63, 3.8) is 0 Å². The maximum absolute atomic E-state index is 12.9. The second kappa shape index (κ2) is 6.34. The lowest BCUT2D eigenvalue weighted by Crippen LogP contribution is -2.35. The van der Waals surface area contributed by atoms with Crippen molar-refractivity contribution in [1.29, 1.82) is 5.26 Å². The van der Waals surface area contributed by atoms with Crippen LogP contribution < -0.4 is 5.73 Å². The predicted octanol–water partition coefficient (Wildman–Crippen LogP) is 2.66. The highest BCUT2D eigenvalue weighted by Crippen LogP contribution is 2.48. The maximum Gasteiger partial charge on any atom is 0.340 e. The van der Waals surface area contributed by atoms with Gasteiger partial charge in [-0.3, -0.25) is 4.79 Å². The number of rotatable bonds is 2. The SMILES string of the molecule is COC(=O)C1=C(N)OC2=C(C(=O)CC(C)(C)C2)C1c1ccc(C#N)cc1. The van der Waals surface area contributed by atoms with Gasteiger partial charge in [-0.1, -0.05) is 26.0 Å². The van der Waals surface area contributed by atoms with E-state index in [0.29, 0.717) is 35.3 Å². The minimum absolute atomic E-state index is 0.0459. The number of carbonyl (C=O) groups excluding carboxylic acids is 2. The monoisotopic (exact) mass is 352 g/mol. The van der Waals surface area contributed by atoms with Crippen molar-refractivity contribution < 1.29 is 19.1 Å². The van der Waals surface area contributed by atoms with E-state index in [1.165, 1.54) is 7.11 Å². The van der Waals surface area contributed by atoms with Gasteiger partial charge in [0.2, 0.25) is 5.88 Å². The van der Waals surface area contributed by atoms with Crippen LogP contribution in [0.1, 0.15) is 43.7 Å². The Kier molecular flexibility index (Phi) is 4.33. The summed E-state index contributed by atoms with van der Waals surface area (Å²) in [7, 11) is 1.26. The molecule has 0 fully saturated rings. The molecule has 1 aromatic rings. The van der Waals surface area contributed by atoms with E-state index in [4.69, 9.17) is 20.5 Å². The average molecular weight is 352 g/mol. The van der Waals surface area contributed by atoms with Crippen LogP contribution in [0.15, 0.2) is 47.1 Å². The van der Waals surface area contributed by atoms with Gasteiger partial charge in [-0.15, -0.1) is 0 Å². The van der Waals surface area contributed by atoms with Crippen LogP contribution in [0.5, 0.6) is 0 Å². The van der Waals surface area contributed by atoms with Crippen LogP contribution in [-0.4, -0.2) is 18.9 Å². The van der Waals surface area contributed by atoms with Gasteiger partial charge >= 0.3 is 5.97 Å². The Morgan fingerprint density at radius 1 is 1.31 bits per heavy atom. The Balaban J connectivity index is 2.19. The van der Waals surface area contributed by atoms with Crippen LogP contribution in [-0.2, 0) is 19.1 Å². The van der Waals surface area contributed by atoms with Gasteiger partial charge in [0.05, 0.1) is 24.7 Å². The number of esters is 1. The van der Waals surface area contributed by atoms with Crippen molar-refractivity contribution in [2.75, 3.05) is 7.11 Å². The molecule has 3 rings (SSSR count). The average Bonchev–Trinajstić information content (AvgIpc) is 2.59. The molecule has 0 aromatic heterocycles. The molecule has 0 bridgehead atoms. The topological polar surface area (TPSA) is 102 Å². The highest BCUT2D eigenvalue weighted by Gasteiger charge is 2.44. The number of carbonyl (C=O) groups is 2. The number of allylic oxidation sites excluding steroid dienone is 2. The van der Waals surface area contributed by atoms with E-state index in [9.17, 15) is 9.59 Å². The molecule has 1 aliphatic carbocycles. The van der Waals surface area contributed by atoms with E-state index in [2.05, 4.69) is 6.07 Å². The van der Waals surface area contributed by atoms with E-state index in [-0.39, 0.29) is 22.7 Å². The summed E-state index contributed by atoms with van der Waals surface area (Å²) in [6.07, 6.45) is 0.909. The van der Waals surface area contributed by atoms with Gasteiger partial charge in [-0.25, -0.2) is 4.79 Å². The van der Waals surface area contributed by atoms with Crippen LogP contribution in [0.3, 0.4) is 0 Å². The third kappa shape index (κ3) is 2.97. The molecular weight excluding hydrogens is 332 g/mol. The van der Waals surface area contributed by atoms with Crippen molar-refractivity contribution in [3.05, 3.63) is 58.2 Å². The third-order valence-corrected chi connectivity index (χ3v) is 4.73. The number of benzene rings is 1. The Morgan fingerprint density at radius 2 is 1.96 bits per heavy atom. The zero-order valence-corrected chi connectivity index (χ0v) is 15.0. The van der Waals surface area contributed by atoms with Gasteiger partial charge in [-0.2, -0.15) is 5.26 Å². The Hall–Kier alpha value is -3.07. The van der Waals surface area contributed by atoms with Gasteiger partial charge in [0.25, 0.3) is 0 Å². The molecule has 1 atom stereocenters. The number of hydrogen-bond acceptors (Lipinski definition) is 6. The Morgan fingerprint density at radius 3 is 2.54 bits per heavy atom. The minimum Gasteiger partial charge on any atom is -0.465 e. The lowest BCUT2D eigenvalue weighted by molar-refractivity contribution is -0.136. The minimum atomic E-state index is -0.664. The molecule has 1 aliphatic heterocycles. The van der Waals surface area contributed by atoms with Crippen LogP contribution in [0.4, 0.5) is 0 Å². The fraction of sp³-hybridized carbons (Fsp3) is 0.350. The number of nitriles is 1. The molecule has 6 heteroatoms. The van der Waals surface area contributed by atoms with Crippen LogP contribution >= 0.6 is 0 Å². The standard InChI is InChI=1S/C20H20N2O4/c1-20(2)8-13(23)16-14(9-20)26-18(22)17(19(24)25-3)15(16)12-6-4-11(10-21)5-7-12/h4-7,15H,8-9,22H2,1-3H3. The number of Topliss-reactive ketones (excluding diaryl/α,β-unsaturated/α-hetero) is 1. The molecule has 1 heterocycles. The predicted molar refractivity (Wildman–Crippen MR) is 93.3 cm³/mol. The van der Waals surface area contributed by atoms with Crippen molar-refractivity contribution in [1.82, 2.24) is 0 Å². The summed E-state index contributed by atoms with van der Waals surface area (Å²) in [4.78, 5) is 25.3. The molecule has 1 unspecified atom stereocenters. The summed E-state index contributed by atoms with van der Waals surface area (Å²) in [5.74, 6) is -0.913. The molecule has 26 heavy (non-hydrogen) atoms. The zero-order chi connectivity index (χ0) is 19.1. The van der Waals surface area contributed by atoms with Gasteiger partial charge in [0.15, 0.2) is 5.78 Å². The largest absolute Gasteiger partial charge is 0.465 e. The number of nitrogens with two attached hydrogens (primary N) is 1. The van der Waals surface area contributed by atoms with Crippen molar-refractivity contribution in [2.45, 2.75) is 32.6 Å². The van der Waals surface area contributed by atoms with E-state index >= 15 is 0 Å². The molecule has 1 aromatic carbocycles. The quantitative estimate of drug-likeness (QED) is 0.821. The normalized spacial score (nSPS) is 21.6. The van der Waals surface area contributed by atoms with Crippen molar-refractivity contribution in [2.24, 2.45) is 11.1 Å². The number of nitrogens with zero attached hydrogens (tertiary/aromatic N) is 1. The van der Waals surface area contributed by atoms with Gasteiger partial charge < -0.3 is 15.2 Å². The number of methoxy groups -OCH3 is 1. The fourth-order valence-corrected chi connectivity index (χ4v) is 3.58. The molecule has 0 amide bonds.